The van der Waals surface area contributed by atoms with E-state index < -0.39 is 0 Å². The Bertz CT molecular complexity index is 476. The first-order valence-corrected chi connectivity index (χ1v) is 5.05. The van der Waals surface area contributed by atoms with E-state index >= 15 is 0 Å². The molecule has 6 heteroatoms. The lowest BCUT2D eigenvalue weighted by molar-refractivity contribution is 0.756. The molecule has 0 atom stereocenters. The average molecular weight is 218 g/mol. The van der Waals surface area contributed by atoms with Gasteiger partial charge in [-0.05, 0) is 12.0 Å². The molecule has 0 radical (unpaired) electrons. The minimum Gasteiger partial charge on any atom is -0.308 e. The van der Waals surface area contributed by atoms with E-state index in [9.17, 15) is 0 Å². The molecule has 0 amide bonds. The van der Waals surface area contributed by atoms with Crippen molar-refractivity contribution in [1.82, 2.24) is 19.7 Å². The third-order valence-electron chi connectivity index (χ3n) is 2.24. The van der Waals surface area contributed by atoms with Crippen molar-refractivity contribution in [1.29, 1.82) is 0 Å². The molecule has 84 valence electrons. The third kappa shape index (κ3) is 2.01. The van der Waals surface area contributed by atoms with Crippen molar-refractivity contribution in [2.24, 2.45) is 5.84 Å². The van der Waals surface area contributed by atoms with Gasteiger partial charge in [0.15, 0.2) is 5.82 Å². The molecule has 0 fully saturated rings. The lowest BCUT2D eigenvalue weighted by atomic mass is 10.1. The number of nitrogens with zero attached hydrogens (tertiary/aromatic N) is 4. The SMILES string of the molecule is CC(C)c1ccn(-c2cc(NN)ncn2)n1. The molecule has 0 bridgehead atoms. The van der Waals surface area contributed by atoms with Crippen LogP contribution in [0.25, 0.3) is 5.82 Å². The van der Waals surface area contributed by atoms with Crippen LogP contribution in [0.5, 0.6) is 0 Å². The summed E-state index contributed by atoms with van der Waals surface area (Å²) in [6.45, 7) is 4.19. The summed E-state index contributed by atoms with van der Waals surface area (Å²) in [5.74, 6) is 6.93. The van der Waals surface area contributed by atoms with Gasteiger partial charge in [0.1, 0.15) is 12.1 Å². The zero-order valence-electron chi connectivity index (χ0n) is 9.25. The van der Waals surface area contributed by atoms with Gasteiger partial charge in [-0.2, -0.15) is 5.10 Å². The molecule has 3 N–H and O–H groups in total. The molecule has 2 rings (SSSR count). The van der Waals surface area contributed by atoms with Crippen LogP contribution in [-0.2, 0) is 0 Å². The number of hydrazine groups is 1. The van der Waals surface area contributed by atoms with Crippen LogP contribution in [0.3, 0.4) is 0 Å². The Morgan fingerprint density at radius 3 is 2.81 bits per heavy atom. The van der Waals surface area contributed by atoms with Crippen molar-refractivity contribution in [2.75, 3.05) is 5.43 Å². The number of rotatable bonds is 3. The molecule has 6 nitrogen and oxygen atoms in total. The first kappa shape index (κ1) is 10.6. The summed E-state index contributed by atoms with van der Waals surface area (Å²) in [6, 6.07) is 3.71. The summed E-state index contributed by atoms with van der Waals surface area (Å²) in [5.41, 5.74) is 3.50. The van der Waals surface area contributed by atoms with Crippen LogP contribution in [-0.4, -0.2) is 19.7 Å². The molecule has 0 saturated carbocycles. The third-order valence-corrected chi connectivity index (χ3v) is 2.24. The number of nitrogens with two attached hydrogens (primary N) is 1. The summed E-state index contributed by atoms with van der Waals surface area (Å²) in [6.07, 6.45) is 3.32. The van der Waals surface area contributed by atoms with Crippen LogP contribution in [0.2, 0.25) is 0 Å². The molecule has 0 aromatic carbocycles. The van der Waals surface area contributed by atoms with Gasteiger partial charge < -0.3 is 5.43 Å². The molecular weight excluding hydrogens is 204 g/mol. The van der Waals surface area contributed by atoms with E-state index in [0.717, 1.165) is 5.69 Å². The number of hydrogen-bond acceptors (Lipinski definition) is 5. The molecule has 2 aromatic heterocycles. The zero-order chi connectivity index (χ0) is 11.5. The highest BCUT2D eigenvalue weighted by atomic mass is 15.3. The van der Waals surface area contributed by atoms with E-state index in [1.54, 1.807) is 10.7 Å². The Balaban J connectivity index is 2.34. The lowest BCUT2D eigenvalue weighted by Gasteiger charge is -2.03. The minimum absolute atomic E-state index is 0.398. The first-order chi connectivity index (χ1) is 7.70. The quantitative estimate of drug-likeness (QED) is 0.595. The van der Waals surface area contributed by atoms with E-state index in [0.29, 0.717) is 17.6 Å². The Morgan fingerprint density at radius 1 is 1.38 bits per heavy atom. The molecule has 0 aliphatic heterocycles. The normalized spacial score (nSPS) is 10.8. The smallest absolute Gasteiger partial charge is 0.158 e. The minimum atomic E-state index is 0.398. The predicted octanol–water partition coefficient (Wildman–Crippen LogP) is 1.07. The van der Waals surface area contributed by atoms with Gasteiger partial charge >= 0.3 is 0 Å². The fourth-order valence-electron chi connectivity index (χ4n) is 1.32. The second-order valence-electron chi connectivity index (χ2n) is 3.75. The molecule has 0 aliphatic rings. The van der Waals surface area contributed by atoms with Gasteiger partial charge in [-0.15, -0.1) is 0 Å². The summed E-state index contributed by atoms with van der Waals surface area (Å²) in [5, 5.41) is 4.41. The number of nitrogens with one attached hydrogen (secondary N) is 1. The van der Waals surface area contributed by atoms with Gasteiger partial charge in [0.05, 0.1) is 5.69 Å². The second-order valence-corrected chi connectivity index (χ2v) is 3.75. The fourth-order valence-corrected chi connectivity index (χ4v) is 1.32. The highest BCUT2D eigenvalue weighted by Crippen LogP contribution is 2.13. The maximum absolute atomic E-state index is 5.28. The van der Waals surface area contributed by atoms with Crippen LogP contribution in [0.4, 0.5) is 5.82 Å². The molecule has 16 heavy (non-hydrogen) atoms. The van der Waals surface area contributed by atoms with E-state index in [2.05, 4.69) is 34.3 Å². The highest BCUT2D eigenvalue weighted by Gasteiger charge is 2.06. The topological polar surface area (TPSA) is 81.7 Å². The van der Waals surface area contributed by atoms with Crippen LogP contribution >= 0.6 is 0 Å². The number of nitrogen functional groups attached to an aromatic ring is 1. The number of aromatic nitrogens is 4. The summed E-state index contributed by atoms with van der Waals surface area (Å²) in [4.78, 5) is 8.06. The van der Waals surface area contributed by atoms with Crippen LogP contribution < -0.4 is 11.3 Å². The maximum Gasteiger partial charge on any atom is 0.158 e. The van der Waals surface area contributed by atoms with Crippen molar-refractivity contribution < 1.29 is 0 Å². The summed E-state index contributed by atoms with van der Waals surface area (Å²) >= 11 is 0. The summed E-state index contributed by atoms with van der Waals surface area (Å²) in [7, 11) is 0. The first-order valence-electron chi connectivity index (χ1n) is 5.05. The number of hydrogen-bond donors (Lipinski definition) is 2. The predicted molar refractivity (Wildman–Crippen MR) is 61.1 cm³/mol. The lowest BCUT2D eigenvalue weighted by Crippen LogP contribution is -2.10. The van der Waals surface area contributed by atoms with Gasteiger partial charge in [0.2, 0.25) is 0 Å². The maximum atomic E-state index is 5.28. The molecule has 0 spiro atoms. The molecule has 0 saturated heterocycles. The van der Waals surface area contributed by atoms with Crippen molar-refractivity contribution in [2.45, 2.75) is 19.8 Å². The van der Waals surface area contributed by atoms with E-state index in [1.807, 2.05) is 12.3 Å². The van der Waals surface area contributed by atoms with Crippen LogP contribution in [0.15, 0.2) is 24.7 Å². The van der Waals surface area contributed by atoms with Gasteiger partial charge in [0.25, 0.3) is 0 Å². The van der Waals surface area contributed by atoms with Crippen LogP contribution in [0, 0.1) is 0 Å². The second kappa shape index (κ2) is 4.28. The standard InChI is InChI=1S/C10H14N6/c1-7(2)8-3-4-16(15-8)10-5-9(14-11)12-6-13-10/h3-7H,11H2,1-2H3,(H,12,13,14). The van der Waals surface area contributed by atoms with Gasteiger partial charge in [0, 0.05) is 12.3 Å². The Morgan fingerprint density at radius 2 is 2.19 bits per heavy atom. The molecule has 2 aromatic rings. The molecule has 2 heterocycles. The highest BCUT2D eigenvalue weighted by molar-refractivity contribution is 5.38. The fraction of sp³-hybridized carbons (Fsp3) is 0.300. The Labute approximate surface area is 93.5 Å². The van der Waals surface area contributed by atoms with Crippen molar-refractivity contribution in [3.63, 3.8) is 0 Å². The molecule has 0 aliphatic carbocycles. The van der Waals surface area contributed by atoms with Crippen molar-refractivity contribution in [3.8, 4) is 5.82 Å². The molecular formula is C10H14N6. The summed E-state index contributed by atoms with van der Waals surface area (Å²) < 4.78 is 1.71. The number of anilines is 1. The van der Waals surface area contributed by atoms with E-state index in [4.69, 9.17) is 5.84 Å². The zero-order valence-corrected chi connectivity index (χ0v) is 9.25. The Hall–Kier alpha value is -1.95. The van der Waals surface area contributed by atoms with Gasteiger partial charge in [-0.1, -0.05) is 13.8 Å². The Kier molecular flexibility index (Phi) is 2.82. The van der Waals surface area contributed by atoms with Crippen molar-refractivity contribution in [3.05, 3.63) is 30.4 Å². The monoisotopic (exact) mass is 218 g/mol. The molecule has 0 unspecified atom stereocenters. The van der Waals surface area contributed by atoms with Gasteiger partial charge in [-0.3, -0.25) is 0 Å². The van der Waals surface area contributed by atoms with Crippen LogP contribution in [0.1, 0.15) is 25.5 Å². The van der Waals surface area contributed by atoms with E-state index in [-0.39, 0.29) is 0 Å². The largest absolute Gasteiger partial charge is 0.308 e. The van der Waals surface area contributed by atoms with E-state index in [1.165, 1.54) is 6.33 Å². The average Bonchev–Trinajstić information content (AvgIpc) is 2.78. The van der Waals surface area contributed by atoms with Crippen molar-refractivity contribution >= 4 is 5.82 Å². The van der Waals surface area contributed by atoms with Gasteiger partial charge in [-0.25, -0.2) is 20.5 Å².